The molecule has 0 aromatic carbocycles. The highest BCUT2D eigenvalue weighted by molar-refractivity contribution is 7.89. The van der Waals surface area contributed by atoms with Crippen LogP contribution in [0.5, 0.6) is 0 Å². The molecular formula is C9H18N2O2S. The lowest BCUT2D eigenvalue weighted by molar-refractivity contribution is 0.329. The van der Waals surface area contributed by atoms with Crippen LogP contribution in [0, 0.1) is 5.92 Å². The second-order valence-electron chi connectivity index (χ2n) is 4.26. The summed E-state index contributed by atoms with van der Waals surface area (Å²) < 4.78 is 24.9. The number of nitrogens with one attached hydrogen (secondary N) is 1. The smallest absolute Gasteiger partial charge is 0.227 e. The fraction of sp³-hybridized carbons (Fsp3) is 1.00. The summed E-state index contributed by atoms with van der Waals surface area (Å²) in [4.78, 5) is 0. The van der Waals surface area contributed by atoms with Crippen LogP contribution in [0.25, 0.3) is 0 Å². The van der Waals surface area contributed by atoms with E-state index in [1.165, 1.54) is 25.7 Å². The highest BCUT2D eigenvalue weighted by Crippen LogP contribution is 2.26. The molecule has 82 valence electrons. The molecule has 1 saturated heterocycles. The van der Waals surface area contributed by atoms with E-state index >= 15 is 0 Å². The normalized spacial score (nSPS) is 29.4. The molecule has 0 unspecified atom stereocenters. The lowest BCUT2D eigenvalue weighted by Gasteiger charge is -2.28. The molecule has 1 aliphatic carbocycles. The van der Waals surface area contributed by atoms with E-state index in [1.54, 1.807) is 4.31 Å². The molecule has 2 fully saturated rings. The number of rotatable bonds is 2. The van der Waals surface area contributed by atoms with Crippen molar-refractivity contribution in [1.82, 2.24) is 9.62 Å². The molecule has 0 spiro atoms. The number of hydrogen-bond donors (Lipinski definition) is 1. The van der Waals surface area contributed by atoms with Crippen molar-refractivity contribution in [2.24, 2.45) is 5.92 Å². The van der Waals surface area contributed by atoms with Gasteiger partial charge in [-0.2, -0.15) is 4.31 Å². The number of hydrogen-bond acceptors (Lipinski definition) is 3. The minimum absolute atomic E-state index is 0.125. The second kappa shape index (κ2) is 4.16. The summed E-state index contributed by atoms with van der Waals surface area (Å²) in [6, 6.07) is 0. The van der Waals surface area contributed by atoms with Gasteiger partial charge in [-0.15, -0.1) is 0 Å². The van der Waals surface area contributed by atoms with Gasteiger partial charge in [0.25, 0.3) is 0 Å². The molecular weight excluding hydrogens is 200 g/mol. The third-order valence-corrected chi connectivity index (χ3v) is 4.84. The van der Waals surface area contributed by atoms with E-state index in [0.717, 1.165) is 13.1 Å². The van der Waals surface area contributed by atoms with Crippen molar-refractivity contribution in [3.8, 4) is 0 Å². The molecule has 0 radical (unpaired) electrons. The summed E-state index contributed by atoms with van der Waals surface area (Å²) in [5.41, 5.74) is 0. The van der Waals surface area contributed by atoms with Crippen LogP contribution in [-0.2, 0) is 10.0 Å². The summed E-state index contributed by atoms with van der Waals surface area (Å²) in [5.74, 6) is 0.738. The summed E-state index contributed by atoms with van der Waals surface area (Å²) in [5, 5.41) is 2.90. The van der Waals surface area contributed by atoms with Crippen LogP contribution < -0.4 is 5.32 Å². The molecule has 5 heteroatoms. The van der Waals surface area contributed by atoms with Crippen LogP contribution in [0.15, 0.2) is 0 Å². The average molecular weight is 218 g/mol. The Bertz CT molecular complexity index is 283. The molecule has 1 heterocycles. The SMILES string of the molecule is O=S1(=O)CNCCN1CC1CCCC1. The van der Waals surface area contributed by atoms with Crippen molar-refractivity contribution in [3.63, 3.8) is 0 Å². The monoisotopic (exact) mass is 218 g/mol. The first kappa shape index (κ1) is 10.4. The molecule has 0 aromatic rings. The summed E-state index contributed by atoms with van der Waals surface area (Å²) in [7, 11) is -2.99. The maximum atomic E-state index is 11.6. The van der Waals surface area contributed by atoms with Crippen molar-refractivity contribution < 1.29 is 8.42 Å². The molecule has 1 saturated carbocycles. The molecule has 0 aromatic heterocycles. The van der Waals surface area contributed by atoms with Crippen molar-refractivity contribution in [3.05, 3.63) is 0 Å². The number of sulfonamides is 1. The predicted octanol–water partition coefficient (Wildman–Crippen LogP) is 0.369. The third kappa shape index (κ3) is 2.27. The molecule has 2 aliphatic rings. The van der Waals surface area contributed by atoms with Gasteiger partial charge in [0.1, 0.15) is 5.88 Å². The van der Waals surface area contributed by atoms with Crippen LogP contribution in [0.3, 0.4) is 0 Å². The maximum absolute atomic E-state index is 11.6. The van der Waals surface area contributed by atoms with Crippen LogP contribution >= 0.6 is 0 Å². The van der Waals surface area contributed by atoms with Gasteiger partial charge in [0.15, 0.2) is 0 Å². The van der Waals surface area contributed by atoms with Gasteiger partial charge in [0, 0.05) is 19.6 Å². The van der Waals surface area contributed by atoms with E-state index in [2.05, 4.69) is 5.32 Å². The second-order valence-corrected chi connectivity index (χ2v) is 6.23. The van der Waals surface area contributed by atoms with E-state index in [1.807, 2.05) is 0 Å². The largest absolute Gasteiger partial charge is 0.301 e. The topological polar surface area (TPSA) is 49.4 Å². The molecule has 2 rings (SSSR count). The summed E-state index contributed by atoms with van der Waals surface area (Å²) in [6.45, 7) is 2.20. The zero-order valence-corrected chi connectivity index (χ0v) is 9.22. The van der Waals surface area contributed by atoms with E-state index in [9.17, 15) is 8.42 Å². The van der Waals surface area contributed by atoms with Gasteiger partial charge in [0.05, 0.1) is 0 Å². The highest BCUT2D eigenvalue weighted by Gasteiger charge is 2.28. The average Bonchev–Trinajstić information content (AvgIpc) is 2.61. The first-order valence-corrected chi connectivity index (χ1v) is 6.98. The van der Waals surface area contributed by atoms with Crippen molar-refractivity contribution in [1.29, 1.82) is 0 Å². The van der Waals surface area contributed by atoms with E-state index in [-0.39, 0.29) is 5.88 Å². The van der Waals surface area contributed by atoms with Gasteiger partial charge in [-0.1, -0.05) is 12.8 Å². The van der Waals surface area contributed by atoms with Crippen LogP contribution in [-0.4, -0.2) is 38.2 Å². The standard InChI is InChI=1S/C9H18N2O2S/c12-14(13)8-10-5-6-11(14)7-9-3-1-2-4-9/h9-10H,1-8H2. The lowest BCUT2D eigenvalue weighted by atomic mass is 10.1. The fourth-order valence-corrected chi connectivity index (χ4v) is 3.71. The van der Waals surface area contributed by atoms with Crippen LogP contribution in [0.1, 0.15) is 25.7 Å². The van der Waals surface area contributed by atoms with E-state index < -0.39 is 10.0 Å². The van der Waals surface area contributed by atoms with Gasteiger partial charge in [0.2, 0.25) is 10.0 Å². The number of nitrogens with zero attached hydrogens (tertiary/aromatic N) is 1. The van der Waals surface area contributed by atoms with Gasteiger partial charge in [-0.05, 0) is 18.8 Å². The van der Waals surface area contributed by atoms with E-state index in [0.29, 0.717) is 12.5 Å². The lowest BCUT2D eigenvalue weighted by Crippen LogP contribution is -2.48. The molecule has 4 nitrogen and oxygen atoms in total. The van der Waals surface area contributed by atoms with Gasteiger partial charge >= 0.3 is 0 Å². The van der Waals surface area contributed by atoms with Gasteiger partial charge < -0.3 is 5.32 Å². The zero-order chi connectivity index (χ0) is 10.0. The maximum Gasteiger partial charge on any atom is 0.227 e. The molecule has 1 aliphatic heterocycles. The Labute approximate surface area is 85.7 Å². The Morgan fingerprint density at radius 1 is 1.29 bits per heavy atom. The highest BCUT2D eigenvalue weighted by atomic mass is 32.2. The molecule has 14 heavy (non-hydrogen) atoms. The zero-order valence-electron chi connectivity index (χ0n) is 8.41. The fourth-order valence-electron chi connectivity index (χ4n) is 2.32. The minimum Gasteiger partial charge on any atom is -0.301 e. The van der Waals surface area contributed by atoms with Crippen LogP contribution in [0.2, 0.25) is 0 Å². The first-order chi connectivity index (χ1) is 6.68. The summed E-state index contributed by atoms with van der Waals surface area (Å²) >= 11 is 0. The predicted molar refractivity (Wildman–Crippen MR) is 55.3 cm³/mol. The molecule has 0 amide bonds. The molecule has 1 N–H and O–H groups in total. The Hall–Kier alpha value is -0.130. The van der Waals surface area contributed by atoms with Crippen LogP contribution in [0.4, 0.5) is 0 Å². The van der Waals surface area contributed by atoms with E-state index in [4.69, 9.17) is 0 Å². The van der Waals surface area contributed by atoms with Crippen molar-refractivity contribution >= 4 is 10.0 Å². The first-order valence-electron chi connectivity index (χ1n) is 5.37. The van der Waals surface area contributed by atoms with Crippen molar-refractivity contribution in [2.45, 2.75) is 25.7 Å². The molecule has 0 atom stereocenters. The molecule has 0 bridgehead atoms. The van der Waals surface area contributed by atoms with Crippen molar-refractivity contribution in [2.75, 3.05) is 25.5 Å². The third-order valence-electron chi connectivity index (χ3n) is 3.15. The van der Waals surface area contributed by atoms with Gasteiger partial charge in [-0.25, -0.2) is 8.42 Å². The Kier molecular flexibility index (Phi) is 3.09. The van der Waals surface area contributed by atoms with Gasteiger partial charge in [-0.3, -0.25) is 0 Å². The Morgan fingerprint density at radius 2 is 2.00 bits per heavy atom. The Balaban J connectivity index is 1.94. The summed E-state index contributed by atoms with van der Waals surface area (Å²) in [6.07, 6.45) is 4.96. The minimum atomic E-state index is -2.99. The quantitative estimate of drug-likeness (QED) is 0.728. The Morgan fingerprint density at radius 3 is 2.64 bits per heavy atom.